The molecule has 1 aliphatic heterocycles. The largest absolute Gasteiger partial charge is 0.482 e. The number of hydrogen-bond donors (Lipinski definition) is 1. The van der Waals surface area contributed by atoms with E-state index in [9.17, 15) is 14.4 Å². The third-order valence-electron chi connectivity index (χ3n) is 6.34. The maximum absolute atomic E-state index is 12.8. The van der Waals surface area contributed by atoms with Gasteiger partial charge in [0, 0.05) is 5.02 Å². The molecule has 5 rings (SSSR count). The Hall–Kier alpha value is -2.05. The van der Waals surface area contributed by atoms with Crippen LogP contribution in [0.25, 0.3) is 0 Å². The molecule has 4 aliphatic rings. The normalized spacial score (nSPS) is 31.6. The minimum absolute atomic E-state index is 0.120. The van der Waals surface area contributed by atoms with Gasteiger partial charge >= 0.3 is 0 Å². The maximum atomic E-state index is 12.8. The van der Waals surface area contributed by atoms with Crippen LogP contribution in [0.2, 0.25) is 10.0 Å². The lowest BCUT2D eigenvalue weighted by Crippen LogP contribution is -2.49. The van der Waals surface area contributed by atoms with Crippen LogP contribution in [0.3, 0.4) is 0 Å². The van der Waals surface area contributed by atoms with Crippen LogP contribution in [-0.4, -0.2) is 29.3 Å². The van der Waals surface area contributed by atoms with Gasteiger partial charge in [-0.3, -0.25) is 19.8 Å². The van der Waals surface area contributed by atoms with Gasteiger partial charge in [0.2, 0.25) is 0 Å². The molecule has 1 heterocycles. The zero-order chi connectivity index (χ0) is 18.9. The van der Waals surface area contributed by atoms with Crippen molar-refractivity contribution in [1.82, 2.24) is 10.4 Å². The van der Waals surface area contributed by atoms with Crippen molar-refractivity contribution in [2.75, 3.05) is 6.61 Å². The Morgan fingerprint density at radius 3 is 2.33 bits per heavy atom. The lowest BCUT2D eigenvalue weighted by atomic mass is 9.85. The summed E-state index contributed by atoms with van der Waals surface area (Å²) in [6.07, 6.45) is 6.32. The molecule has 4 atom stereocenters. The van der Waals surface area contributed by atoms with E-state index in [-0.39, 0.29) is 52.5 Å². The lowest BCUT2D eigenvalue weighted by molar-refractivity contribution is -0.150. The minimum atomic E-state index is -0.593. The molecule has 0 radical (unpaired) electrons. The molecule has 1 N–H and O–H groups in total. The quantitative estimate of drug-likeness (QED) is 0.615. The van der Waals surface area contributed by atoms with E-state index < -0.39 is 5.91 Å². The fourth-order valence-electron chi connectivity index (χ4n) is 5.08. The van der Waals surface area contributed by atoms with Crippen LogP contribution in [-0.2, 0) is 14.4 Å². The molecule has 27 heavy (non-hydrogen) atoms. The van der Waals surface area contributed by atoms with Crippen molar-refractivity contribution in [3.63, 3.8) is 0 Å². The molecule has 3 amide bonds. The van der Waals surface area contributed by atoms with E-state index in [4.69, 9.17) is 27.9 Å². The van der Waals surface area contributed by atoms with Gasteiger partial charge in [-0.05, 0) is 48.3 Å². The zero-order valence-electron chi connectivity index (χ0n) is 14.2. The van der Waals surface area contributed by atoms with Gasteiger partial charge < -0.3 is 4.74 Å². The van der Waals surface area contributed by atoms with E-state index in [0.29, 0.717) is 10.8 Å². The minimum Gasteiger partial charge on any atom is -0.482 e. The number of nitrogens with one attached hydrogen (secondary N) is 1. The van der Waals surface area contributed by atoms with Gasteiger partial charge in [-0.2, -0.15) is 5.01 Å². The number of carbonyl (C=O) groups is 3. The summed E-state index contributed by atoms with van der Waals surface area (Å²) in [5.41, 5.74) is 2.53. The summed E-state index contributed by atoms with van der Waals surface area (Å²) < 4.78 is 5.36. The molecule has 3 fully saturated rings. The Labute approximate surface area is 165 Å². The van der Waals surface area contributed by atoms with Crippen LogP contribution in [0.4, 0.5) is 0 Å². The smallest absolute Gasteiger partial charge is 0.276 e. The zero-order valence-corrected chi connectivity index (χ0v) is 15.7. The van der Waals surface area contributed by atoms with Gasteiger partial charge in [-0.25, -0.2) is 0 Å². The number of allylic oxidation sites excluding steroid dienone is 2. The first-order valence-corrected chi connectivity index (χ1v) is 9.61. The Balaban J connectivity index is 1.25. The SMILES string of the molecule is O=C(COc1ccc(Cl)cc1Cl)NN1C(=O)[C@@H]2[C@@H](C1=O)[C@@H]1C=C[C@@H]2C12CC2. The maximum Gasteiger partial charge on any atom is 0.276 e. The predicted molar refractivity (Wildman–Crippen MR) is 96.7 cm³/mol. The molecule has 140 valence electrons. The third kappa shape index (κ3) is 2.36. The first-order valence-electron chi connectivity index (χ1n) is 8.86. The van der Waals surface area contributed by atoms with Crippen LogP contribution < -0.4 is 10.2 Å². The Morgan fingerprint density at radius 2 is 1.78 bits per heavy atom. The molecule has 3 aliphatic carbocycles. The van der Waals surface area contributed by atoms with Crippen molar-refractivity contribution in [2.24, 2.45) is 29.1 Å². The van der Waals surface area contributed by atoms with Gasteiger partial charge in [-0.1, -0.05) is 35.4 Å². The highest BCUT2D eigenvalue weighted by molar-refractivity contribution is 6.35. The van der Waals surface area contributed by atoms with E-state index >= 15 is 0 Å². The fourth-order valence-corrected chi connectivity index (χ4v) is 5.54. The Morgan fingerprint density at radius 1 is 1.15 bits per heavy atom. The lowest BCUT2D eigenvalue weighted by Gasteiger charge is -2.22. The summed E-state index contributed by atoms with van der Waals surface area (Å²) in [4.78, 5) is 37.8. The highest BCUT2D eigenvalue weighted by Gasteiger charge is 2.73. The number of hydrazine groups is 1. The Kier molecular flexibility index (Phi) is 3.62. The van der Waals surface area contributed by atoms with Gasteiger partial charge in [0.15, 0.2) is 6.61 Å². The van der Waals surface area contributed by atoms with Gasteiger partial charge in [0.25, 0.3) is 17.7 Å². The molecule has 6 nitrogen and oxygen atoms in total. The second kappa shape index (κ2) is 5.72. The van der Waals surface area contributed by atoms with Crippen LogP contribution in [0.15, 0.2) is 30.4 Å². The van der Waals surface area contributed by atoms with E-state index in [1.165, 1.54) is 6.07 Å². The van der Waals surface area contributed by atoms with Gasteiger partial charge in [0.05, 0.1) is 16.9 Å². The summed E-state index contributed by atoms with van der Waals surface area (Å²) in [5, 5.41) is 1.61. The molecule has 0 aromatic heterocycles. The first kappa shape index (κ1) is 17.1. The number of carbonyl (C=O) groups excluding carboxylic acids is 3. The van der Waals surface area contributed by atoms with Crippen LogP contribution in [0.5, 0.6) is 5.75 Å². The molecular weight excluding hydrogens is 391 g/mol. The third-order valence-corrected chi connectivity index (χ3v) is 6.87. The van der Waals surface area contributed by atoms with Crippen molar-refractivity contribution in [3.8, 4) is 5.75 Å². The molecular formula is C19H16Cl2N2O4. The average molecular weight is 407 g/mol. The number of benzene rings is 1. The molecule has 1 aromatic carbocycles. The van der Waals surface area contributed by atoms with Gasteiger partial charge in [0.1, 0.15) is 5.75 Å². The molecule has 8 heteroatoms. The topological polar surface area (TPSA) is 75.7 Å². The highest BCUT2D eigenvalue weighted by atomic mass is 35.5. The number of ether oxygens (including phenoxy) is 1. The molecule has 0 unspecified atom stereocenters. The first-order chi connectivity index (χ1) is 12.9. The van der Waals surface area contributed by atoms with E-state index in [2.05, 4.69) is 17.6 Å². The molecule has 1 saturated heterocycles. The number of imide groups is 1. The van der Waals surface area contributed by atoms with Crippen LogP contribution >= 0.6 is 23.2 Å². The summed E-state index contributed by atoms with van der Waals surface area (Å²) >= 11 is 11.8. The number of hydrogen-bond acceptors (Lipinski definition) is 4. The van der Waals surface area contributed by atoms with E-state index in [1.807, 2.05) is 0 Å². The summed E-state index contributed by atoms with van der Waals surface area (Å²) in [7, 11) is 0. The van der Waals surface area contributed by atoms with Crippen molar-refractivity contribution >= 4 is 40.9 Å². The van der Waals surface area contributed by atoms with Crippen molar-refractivity contribution in [1.29, 1.82) is 0 Å². The standard InChI is InChI=1S/C19H16Cl2N2O4/c20-9-1-4-13(12(21)7-9)27-8-14(24)22-23-17(25)15-10-2-3-11(16(15)18(23)26)19(10)5-6-19/h1-4,7,10-11,15-16H,5-6,8H2,(H,22,24)/t10-,11-,15-,16-/m0/s1. The predicted octanol–water partition coefficient (Wildman–Crippen LogP) is 2.60. The number of fused-ring (bicyclic) bond motifs is 3. The fraction of sp³-hybridized carbons (Fsp3) is 0.421. The number of amides is 3. The molecule has 2 bridgehead atoms. The van der Waals surface area contributed by atoms with Gasteiger partial charge in [-0.15, -0.1) is 0 Å². The van der Waals surface area contributed by atoms with Crippen molar-refractivity contribution in [2.45, 2.75) is 12.8 Å². The molecule has 1 spiro atoms. The van der Waals surface area contributed by atoms with Crippen molar-refractivity contribution in [3.05, 3.63) is 40.4 Å². The Bertz CT molecular complexity index is 877. The second-order valence-electron chi connectivity index (χ2n) is 7.63. The number of rotatable bonds is 4. The van der Waals surface area contributed by atoms with E-state index in [0.717, 1.165) is 17.9 Å². The van der Waals surface area contributed by atoms with Crippen molar-refractivity contribution < 1.29 is 19.1 Å². The molecule has 1 aromatic rings. The molecule has 2 saturated carbocycles. The second-order valence-corrected chi connectivity index (χ2v) is 8.48. The number of halogens is 2. The van der Waals surface area contributed by atoms with Crippen LogP contribution in [0, 0.1) is 29.1 Å². The van der Waals surface area contributed by atoms with E-state index in [1.54, 1.807) is 12.1 Å². The summed E-state index contributed by atoms with van der Waals surface area (Å²) in [6.45, 7) is -0.372. The summed E-state index contributed by atoms with van der Waals surface area (Å²) in [6, 6.07) is 4.64. The monoisotopic (exact) mass is 406 g/mol. The average Bonchev–Trinajstić information content (AvgIpc) is 3.24. The number of nitrogens with zero attached hydrogens (tertiary/aromatic N) is 1. The summed E-state index contributed by atoms with van der Waals surface area (Å²) in [5.74, 6) is -1.37. The van der Waals surface area contributed by atoms with Crippen LogP contribution in [0.1, 0.15) is 12.8 Å². The highest BCUT2D eigenvalue weighted by Crippen LogP contribution is 2.73.